The van der Waals surface area contributed by atoms with Gasteiger partial charge in [-0.05, 0) is 95.3 Å². The average Bonchev–Trinajstić information content (AvgIpc) is 3.53. The van der Waals surface area contributed by atoms with Crippen LogP contribution in [0, 0.1) is 0 Å². The molecule has 1 heterocycles. The first-order valence-electron chi connectivity index (χ1n) is 16.2. The quantitative estimate of drug-likeness (QED) is 0.185. The fraction of sp³-hybridized carbons (Fsp3) is 0. The van der Waals surface area contributed by atoms with Crippen LogP contribution < -0.4 is 0 Å². The largest absolute Gasteiger partial charge is 0.455 e. The van der Waals surface area contributed by atoms with Crippen molar-refractivity contribution in [3.8, 4) is 33.4 Å². The fourth-order valence-electron chi connectivity index (χ4n) is 7.70. The van der Waals surface area contributed by atoms with Crippen LogP contribution in [-0.2, 0) is 0 Å². The van der Waals surface area contributed by atoms with Gasteiger partial charge in [0.15, 0.2) is 0 Å². The lowest BCUT2D eigenvalue weighted by atomic mass is 9.84. The van der Waals surface area contributed by atoms with Crippen LogP contribution in [0.3, 0.4) is 0 Å². The summed E-state index contributed by atoms with van der Waals surface area (Å²) in [6, 6.07) is 61.5. The van der Waals surface area contributed by atoms with Crippen LogP contribution in [0.25, 0.3) is 98.4 Å². The summed E-state index contributed by atoms with van der Waals surface area (Å²) in [6.45, 7) is 0. The zero-order valence-electron chi connectivity index (χ0n) is 25.6. The van der Waals surface area contributed by atoms with Crippen LogP contribution in [0.5, 0.6) is 0 Å². The van der Waals surface area contributed by atoms with Crippen molar-refractivity contribution in [2.45, 2.75) is 0 Å². The molecule has 0 saturated carbocycles. The summed E-state index contributed by atoms with van der Waals surface area (Å²) in [7, 11) is 0. The van der Waals surface area contributed by atoms with Gasteiger partial charge in [0.25, 0.3) is 0 Å². The molecule has 0 bridgehead atoms. The van der Waals surface area contributed by atoms with E-state index in [1.165, 1.54) is 71.1 Å². The Kier molecular flexibility index (Phi) is 5.64. The van der Waals surface area contributed by atoms with E-state index in [-0.39, 0.29) is 0 Å². The molecule has 0 fully saturated rings. The Morgan fingerprint density at radius 3 is 1.66 bits per heavy atom. The Bertz CT molecular complexity index is 2780. The van der Waals surface area contributed by atoms with Gasteiger partial charge in [-0.15, -0.1) is 0 Å². The molecule has 0 radical (unpaired) electrons. The number of hydrogen-bond donors (Lipinski definition) is 0. The van der Waals surface area contributed by atoms with Crippen molar-refractivity contribution in [2.24, 2.45) is 0 Å². The van der Waals surface area contributed by atoms with Gasteiger partial charge in [0.1, 0.15) is 11.2 Å². The van der Waals surface area contributed by atoms with Crippen molar-refractivity contribution in [1.29, 1.82) is 0 Å². The highest BCUT2D eigenvalue weighted by Gasteiger charge is 2.21. The first-order valence-corrected chi connectivity index (χ1v) is 16.2. The highest BCUT2D eigenvalue weighted by atomic mass is 16.3. The van der Waals surface area contributed by atoms with Crippen molar-refractivity contribution in [1.82, 2.24) is 0 Å². The van der Waals surface area contributed by atoms with Gasteiger partial charge < -0.3 is 4.42 Å². The molecule has 47 heavy (non-hydrogen) atoms. The number of rotatable bonds is 3. The molecule has 10 rings (SSSR count). The van der Waals surface area contributed by atoms with Crippen LogP contribution in [0.2, 0.25) is 0 Å². The molecule has 9 aromatic carbocycles. The fourth-order valence-corrected chi connectivity index (χ4v) is 7.70. The van der Waals surface area contributed by atoms with E-state index >= 15 is 0 Å². The van der Waals surface area contributed by atoms with E-state index in [1.54, 1.807) is 0 Å². The molecule has 0 aliphatic heterocycles. The molecule has 0 saturated heterocycles. The molecule has 1 nitrogen and oxygen atoms in total. The van der Waals surface area contributed by atoms with Crippen molar-refractivity contribution >= 4 is 65.0 Å². The summed E-state index contributed by atoms with van der Waals surface area (Å²) >= 11 is 0. The molecule has 1 aromatic heterocycles. The van der Waals surface area contributed by atoms with E-state index in [9.17, 15) is 0 Å². The summed E-state index contributed by atoms with van der Waals surface area (Å²) in [5.74, 6) is 0. The average molecular weight is 597 g/mol. The van der Waals surface area contributed by atoms with Crippen molar-refractivity contribution in [3.05, 3.63) is 170 Å². The van der Waals surface area contributed by atoms with Gasteiger partial charge in [-0.2, -0.15) is 0 Å². The highest BCUT2D eigenvalue weighted by Crippen LogP contribution is 2.47. The standard InChI is InChI=1S/C46H28O/c1-2-11-29(12-3-1)32-23-21-30-22-24-33(28-34(30)27-32)43-36-15-6-8-17-38(36)44(39-18-9-7-16-37(39)43)40-19-10-20-42-45(40)41-26-25-31-13-4-5-14-35(31)46(41)47-42/h1-28H. The maximum atomic E-state index is 6.63. The Balaban J connectivity index is 1.27. The summed E-state index contributed by atoms with van der Waals surface area (Å²) < 4.78 is 6.63. The topological polar surface area (TPSA) is 13.1 Å². The van der Waals surface area contributed by atoms with Gasteiger partial charge in [0.05, 0.1) is 0 Å². The molecule has 1 heteroatoms. The van der Waals surface area contributed by atoms with E-state index in [4.69, 9.17) is 4.42 Å². The SMILES string of the molecule is c1ccc(-c2ccc3ccc(-c4c5ccccc5c(-c5cccc6oc7c8ccccc8ccc7c56)c5ccccc45)cc3c2)cc1. The minimum atomic E-state index is 0.912. The first kappa shape index (κ1) is 26.1. The number of benzene rings is 9. The maximum Gasteiger partial charge on any atom is 0.143 e. The molecule has 0 atom stereocenters. The summed E-state index contributed by atoms with van der Waals surface area (Å²) in [6.07, 6.45) is 0. The Hall–Kier alpha value is -6.18. The maximum absolute atomic E-state index is 6.63. The van der Waals surface area contributed by atoms with Gasteiger partial charge in [0.2, 0.25) is 0 Å². The minimum Gasteiger partial charge on any atom is -0.455 e. The first-order chi connectivity index (χ1) is 23.3. The minimum absolute atomic E-state index is 0.912. The number of fused-ring (bicyclic) bond motifs is 8. The Morgan fingerprint density at radius 1 is 0.319 bits per heavy atom. The van der Waals surface area contributed by atoms with E-state index in [2.05, 4.69) is 170 Å². The normalized spacial score (nSPS) is 11.8. The van der Waals surface area contributed by atoms with Crippen LogP contribution in [0.15, 0.2) is 174 Å². The Morgan fingerprint density at radius 2 is 0.915 bits per heavy atom. The van der Waals surface area contributed by atoms with E-state index in [1.807, 2.05) is 0 Å². The molecular formula is C46H28O. The number of hydrogen-bond acceptors (Lipinski definition) is 1. The molecular weight excluding hydrogens is 569 g/mol. The molecule has 10 aromatic rings. The Labute approximate surface area is 271 Å². The van der Waals surface area contributed by atoms with E-state index in [0.29, 0.717) is 0 Å². The number of furan rings is 1. The van der Waals surface area contributed by atoms with Crippen LogP contribution in [-0.4, -0.2) is 0 Å². The van der Waals surface area contributed by atoms with Gasteiger partial charge >= 0.3 is 0 Å². The van der Waals surface area contributed by atoms with Crippen molar-refractivity contribution in [2.75, 3.05) is 0 Å². The summed E-state index contributed by atoms with van der Waals surface area (Å²) in [5.41, 5.74) is 9.25. The summed E-state index contributed by atoms with van der Waals surface area (Å²) in [4.78, 5) is 0. The monoisotopic (exact) mass is 596 g/mol. The van der Waals surface area contributed by atoms with Gasteiger partial charge in [-0.3, -0.25) is 0 Å². The zero-order valence-corrected chi connectivity index (χ0v) is 25.6. The molecule has 0 amide bonds. The molecule has 0 spiro atoms. The molecule has 0 unspecified atom stereocenters. The van der Waals surface area contributed by atoms with Gasteiger partial charge in [-0.1, -0.05) is 146 Å². The van der Waals surface area contributed by atoms with E-state index in [0.717, 1.165) is 27.3 Å². The van der Waals surface area contributed by atoms with Crippen molar-refractivity contribution < 1.29 is 4.42 Å². The third-order valence-electron chi connectivity index (χ3n) is 9.82. The molecule has 0 aliphatic rings. The van der Waals surface area contributed by atoms with Gasteiger partial charge in [-0.25, -0.2) is 0 Å². The predicted molar refractivity (Wildman–Crippen MR) is 200 cm³/mol. The lowest BCUT2D eigenvalue weighted by Crippen LogP contribution is -1.91. The lowest BCUT2D eigenvalue weighted by Gasteiger charge is -2.18. The second kappa shape index (κ2) is 10.2. The zero-order chi connectivity index (χ0) is 30.9. The highest BCUT2D eigenvalue weighted by molar-refractivity contribution is 6.27. The third-order valence-corrected chi connectivity index (χ3v) is 9.82. The van der Waals surface area contributed by atoms with E-state index < -0.39 is 0 Å². The molecule has 218 valence electrons. The molecule has 0 N–H and O–H groups in total. The van der Waals surface area contributed by atoms with Crippen molar-refractivity contribution in [3.63, 3.8) is 0 Å². The lowest BCUT2D eigenvalue weighted by molar-refractivity contribution is 0.673. The summed E-state index contributed by atoms with van der Waals surface area (Å²) in [5, 5.41) is 12.1. The second-order valence-corrected chi connectivity index (χ2v) is 12.4. The van der Waals surface area contributed by atoms with Crippen LogP contribution in [0.1, 0.15) is 0 Å². The smallest absolute Gasteiger partial charge is 0.143 e. The van der Waals surface area contributed by atoms with Gasteiger partial charge in [0, 0.05) is 16.2 Å². The van der Waals surface area contributed by atoms with Crippen LogP contribution in [0.4, 0.5) is 0 Å². The van der Waals surface area contributed by atoms with Crippen LogP contribution >= 0.6 is 0 Å². The predicted octanol–water partition coefficient (Wildman–Crippen LogP) is 13.2. The third kappa shape index (κ3) is 3.97. The molecule has 0 aliphatic carbocycles. The second-order valence-electron chi connectivity index (χ2n) is 12.4.